The molecule has 0 bridgehead atoms. The summed E-state index contributed by atoms with van der Waals surface area (Å²) < 4.78 is 23.1. The van der Waals surface area contributed by atoms with E-state index >= 15 is 0 Å². The molecule has 1 saturated carbocycles. The fourth-order valence-electron chi connectivity index (χ4n) is 2.87. The van der Waals surface area contributed by atoms with Gasteiger partial charge in [-0.25, -0.2) is 0 Å². The molecule has 1 N–H and O–H groups in total. The van der Waals surface area contributed by atoms with Gasteiger partial charge in [0.1, 0.15) is 0 Å². The number of methoxy groups -OCH3 is 2. The van der Waals surface area contributed by atoms with Crippen molar-refractivity contribution in [3.05, 3.63) is 23.8 Å². The van der Waals surface area contributed by atoms with Crippen LogP contribution in [0.25, 0.3) is 0 Å². The quantitative estimate of drug-likeness (QED) is 0.841. The Morgan fingerprint density at radius 3 is 2.48 bits per heavy atom. The van der Waals surface area contributed by atoms with E-state index in [4.69, 9.17) is 9.47 Å². The Morgan fingerprint density at radius 1 is 1.24 bits per heavy atom. The van der Waals surface area contributed by atoms with Crippen LogP contribution in [0, 0.1) is 0 Å². The van der Waals surface area contributed by atoms with Crippen LogP contribution in [0.4, 0.5) is 0 Å². The van der Waals surface area contributed by atoms with Gasteiger partial charge in [0, 0.05) is 27.8 Å². The van der Waals surface area contributed by atoms with Crippen LogP contribution in [0.2, 0.25) is 0 Å². The summed E-state index contributed by atoms with van der Waals surface area (Å²) in [6.07, 6.45) is 4.65. The van der Waals surface area contributed by atoms with Crippen LogP contribution in [-0.4, -0.2) is 36.5 Å². The molecule has 2 atom stereocenters. The van der Waals surface area contributed by atoms with Gasteiger partial charge in [0.05, 0.1) is 14.2 Å². The normalized spacial score (nSPS) is 18.4. The van der Waals surface area contributed by atoms with Crippen LogP contribution in [0.1, 0.15) is 37.3 Å². The summed E-state index contributed by atoms with van der Waals surface area (Å²) in [4.78, 5) is 0. The van der Waals surface area contributed by atoms with E-state index in [2.05, 4.69) is 5.32 Å². The van der Waals surface area contributed by atoms with Crippen molar-refractivity contribution in [3.8, 4) is 11.5 Å². The van der Waals surface area contributed by atoms with Gasteiger partial charge in [-0.1, -0.05) is 18.9 Å². The number of rotatable bonds is 7. The molecule has 1 fully saturated rings. The lowest BCUT2D eigenvalue weighted by molar-refractivity contribution is 0.354. The van der Waals surface area contributed by atoms with Crippen molar-refractivity contribution in [3.63, 3.8) is 0 Å². The summed E-state index contributed by atoms with van der Waals surface area (Å²) in [7, 11) is 4.39. The maximum Gasteiger partial charge on any atom is 0.161 e. The van der Waals surface area contributed by atoms with Gasteiger partial charge in [-0.05, 0) is 37.6 Å². The van der Waals surface area contributed by atoms with E-state index in [0.29, 0.717) is 22.5 Å². The summed E-state index contributed by atoms with van der Waals surface area (Å²) in [6.45, 7) is 0. The Bertz CT molecular complexity index is 486. The Morgan fingerprint density at radius 2 is 1.90 bits per heavy atom. The lowest BCUT2D eigenvalue weighted by Crippen LogP contribution is -2.26. The van der Waals surface area contributed by atoms with E-state index in [-0.39, 0.29) is 6.04 Å². The Labute approximate surface area is 129 Å². The van der Waals surface area contributed by atoms with Gasteiger partial charge < -0.3 is 14.8 Å². The van der Waals surface area contributed by atoms with Crippen LogP contribution in [0.5, 0.6) is 11.5 Å². The molecule has 4 nitrogen and oxygen atoms in total. The van der Waals surface area contributed by atoms with Crippen LogP contribution in [0.15, 0.2) is 18.2 Å². The van der Waals surface area contributed by atoms with Crippen molar-refractivity contribution in [1.82, 2.24) is 5.32 Å². The number of ether oxygens (including phenoxy) is 2. The van der Waals surface area contributed by atoms with E-state index in [9.17, 15) is 4.21 Å². The molecule has 1 aromatic rings. The zero-order valence-electron chi connectivity index (χ0n) is 13.1. The van der Waals surface area contributed by atoms with E-state index in [0.717, 1.165) is 18.4 Å². The average Bonchev–Trinajstić information content (AvgIpc) is 3.06. The molecule has 0 spiro atoms. The maximum absolute atomic E-state index is 12.5. The van der Waals surface area contributed by atoms with Crippen LogP contribution in [0.3, 0.4) is 0 Å². The second-order valence-corrected chi connectivity index (χ2v) is 7.17. The first-order chi connectivity index (χ1) is 10.2. The molecular formula is C16H25NO3S. The van der Waals surface area contributed by atoms with Crippen molar-refractivity contribution in [2.45, 2.75) is 37.0 Å². The summed E-state index contributed by atoms with van der Waals surface area (Å²) in [6, 6.07) is 5.95. The molecule has 118 valence electrons. The SMILES string of the molecule is CNC(CS(=O)C1CCCC1)c1ccc(OC)c(OC)c1. The second-order valence-electron chi connectivity index (χ2n) is 5.41. The zero-order valence-corrected chi connectivity index (χ0v) is 13.9. The minimum absolute atomic E-state index is 0.0752. The van der Waals surface area contributed by atoms with Crippen LogP contribution < -0.4 is 14.8 Å². The first-order valence-electron chi connectivity index (χ1n) is 7.46. The molecule has 1 aliphatic carbocycles. The largest absolute Gasteiger partial charge is 0.493 e. The van der Waals surface area contributed by atoms with E-state index in [1.54, 1.807) is 14.2 Å². The molecule has 0 aromatic heterocycles. The fraction of sp³-hybridized carbons (Fsp3) is 0.625. The Kier molecular flexibility index (Phi) is 6.06. The Hall–Kier alpha value is -1.07. The highest BCUT2D eigenvalue weighted by atomic mass is 32.2. The summed E-state index contributed by atoms with van der Waals surface area (Å²) >= 11 is 0. The van der Waals surface area contributed by atoms with Gasteiger partial charge in [0.15, 0.2) is 11.5 Å². The van der Waals surface area contributed by atoms with Crippen molar-refractivity contribution in [2.75, 3.05) is 27.0 Å². The van der Waals surface area contributed by atoms with Crippen molar-refractivity contribution in [1.29, 1.82) is 0 Å². The standard InChI is InChI=1S/C16H25NO3S/c1-17-14(11-21(18)13-6-4-5-7-13)12-8-9-15(19-2)16(10-12)20-3/h8-10,13-14,17H,4-7,11H2,1-3H3. The predicted molar refractivity (Wildman–Crippen MR) is 86.6 cm³/mol. The summed E-state index contributed by atoms with van der Waals surface area (Å²) in [5.41, 5.74) is 1.08. The second kappa shape index (κ2) is 7.80. The third-order valence-electron chi connectivity index (χ3n) is 4.16. The number of hydrogen-bond donors (Lipinski definition) is 1. The first-order valence-corrected chi connectivity index (χ1v) is 8.84. The van der Waals surface area contributed by atoms with Crippen molar-refractivity contribution >= 4 is 10.8 Å². The van der Waals surface area contributed by atoms with Crippen molar-refractivity contribution in [2.24, 2.45) is 0 Å². The number of nitrogens with one attached hydrogen (secondary N) is 1. The monoisotopic (exact) mass is 311 g/mol. The molecule has 0 radical (unpaired) electrons. The lowest BCUT2D eigenvalue weighted by Gasteiger charge is -2.20. The smallest absolute Gasteiger partial charge is 0.161 e. The highest BCUT2D eigenvalue weighted by molar-refractivity contribution is 7.85. The molecule has 0 aliphatic heterocycles. The average molecular weight is 311 g/mol. The van der Waals surface area contributed by atoms with Gasteiger partial charge >= 0.3 is 0 Å². The first kappa shape index (κ1) is 16.3. The molecule has 1 aliphatic rings. The van der Waals surface area contributed by atoms with Gasteiger partial charge in [0.2, 0.25) is 0 Å². The molecule has 2 unspecified atom stereocenters. The minimum atomic E-state index is -0.776. The molecule has 21 heavy (non-hydrogen) atoms. The molecule has 1 aromatic carbocycles. The molecule has 2 rings (SSSR count). The van der Waals surface area contributed by atoms with Gasteiger partial charge in [-0.3, -0.25) is 4.21 Å². The van der Waals surface area contributed by atoms with Crippen molar-refractivity contribution < 1.29 is 13.7 Å². The fourth-order valence-corrected chi connectivity index (χ4v) is 4.69. The van der Waals surface area contributed by atoms with Gasteiger partial charge in [0.25, 0.3) is 0 Å². The predicted octanol–water partition coefficient (Wildman–Crippen LogP) is 2.66. The van der Waals surface area contributed by atoms with Gasteiger partial charge in [-0.2, -0.15) is 0 Å². The molecular weight excluding hydrogens is 286 g/mol. The molecule has 0 heterocycles. The molecule has 5 heteroatoms. The zero-order chi connectivity index (χ0) is 15.2. The van der Waals surface area contributed by atoms with Crippen LogP contribution in [-0.2, 0) is 10.8 Å². The van der Waals surface area contributed by atoms with Crippen LogP contribution >= 0.6 is 0 Å². The minimum Gasteiger partial charge on any atom is -0.493 e. The highest BCUT2D eigenvalue weighted by Gasteiger charge is 2.24. The Balaban J connectivity index is 2.11. The third kappa shape index (κ3) is 3.98. The topological polar surface area (TPSA) is 47.6 Å². The highest BCUT2D eigenvalue weighted by Crippen LogP contribution is 2.31. The number of hydrogen-bond acceptors (Lipinski definition) is 4. The number of benzene rings is 1. The molecule has 0 saturated heterocycles. The van der Waals surface area contributed by atoms with E-state index in [1.165, 1.54) is 12.8 Å². The molecule has 0 amide bonds. The summed E-state index contributed by atoms with van der Waals surface area (Å²) in [5.74, 6) is 2.08. The maximum atomic E-state index is 12.5. The van der Waals surface area contributed by atoms with E-state index in [1.807, 2.05) is 25.2 Å². The van der Waals surface area contributed by atoms with E-state index < -0.39 is 10.8 Å². The third-order valence-corrected chi connectivity index (χ3v) is 6.04. The van der Waals surface area contributed by atoms with Gasteiger partial charge in [-0.15, -0.1) is 0 Å². The lowest BCUT2D eigenvalue weighted by atomic mass is 10.1. The summed E-state index contributed by atoms with van der Waals surface area (Å²) in [5, 5.41) is 3.65.